The SMILES string of the molecule is COc1cc(OC)cc(C(N)C2CCc3cccnc32)c1. The highest BCUT2D eigenvalue weighted by Gasteiger charge is 2.30. The number of benzene rings is 1. The van der Waals surface area contributed by atoms with Crippen LogP contribution < -0.4 is 15.2 Å². The maximum atomic E-state index is 6.51. The number of hydrogen-bond acceptors (Lipinski definition) is 4. The van der Waals surface area contributed by atoms with E-state index in [0.717, 1.165) is 35.6 Å². The first-order valence-corrected chi connectivity index (χ1v) is 7.15. The van der Waals surface area contributed by atoms with E-state index in [2.05, 4.69) is 11.1 Å². The molecule has 2 N–H and O–H groups in total. The van der Waals surface area contributed by atoms with Crippen LogP contribution in [0.25, 0.3) is 0 Å². The molecule has 0 saturated carbocycles. The maximum absolute atomic E-state index is 6.51. The monoisotopic (exact) mass is 284 g/mol. The molecular formula is C17H20N2O2. The van der Waals surface area contributed by atoms with Crippen LogP contribution in [0.3, 0.4) is 0 Å². The first kappa shape index (κ1) is 13.9. The molecule has 4 nitrogen and oxygen atoms in total. The summed E-state index contributed by atoms with van der Waals surface area (Å²) >= 11 is 0. The van der Waals surface area contributed by atoms with Crippen molar-refractivity contribution in [3.63, 3.8) is 0 Å². The minimum atomic E-state index is -0.106. The summed E-state index contributed by atoms with van der Waals surface area (Å²) in [5.41, 5.74) is 9.98. The Morgan fingerprint density at radius 3 is 2.57 bits per heavy atom. The quantitative estimate of drug-likeness (QED) is 0.938. The number of pyridine rings is 1. The number of nitrogens with two attached hydrogens (primary N) is 1. The topological polar surface area (TPSA) is 57.4 Å². The molecule has 0 bridgehead atoms. The largest absolute Gasteiger partial charge is 0.497 e. The van der Waals surface area contributed by atoms with Crippen molar-refractivity contribution in [2.45, 2.75) is 24.8 Å². The first-order valence-electron chi connectivity index (χ1n) is 7.15. The van der Waals surface area contributed by atoms with Crippen LogP contribution in [-0.2, 0) is 6.42 Å². The van der Waals surface area contributed by atoms with Gasteiger partial charge in [0.05, 0.1) is 14.2 Å². The lowest BCUT2D eigenvalue weighted by atomic mass is 9.91. The molecule has 2 aromatic rings. The lowest BCUT2D eigenvalue weighted by Crippen LogP contribution is -2.19. The van der Waals surface area contributed by atoms with Crippen molar-refractivity contribution in [1.82, 2.24) is 4.98 Å². The summed E-state index contributed by atoms with van der Waals surface area (Å²) in [6, 6.07) is 9.84. The summed E-state index contributed by atoms with van der Waals surface area (Å²) in [6.07, 6.45) is 3.92. The van der Waals surface area contributed by atoms with E-state index in [9.17, 15) is 0 Å². The van der Waals surface area contributed by atoms with E-state index in [4.69, 9.17) is 15.2 Å². The molecule has 4 heteroatoms. The molecule has 0 saturated heterocycles. The number of fused-ring (bicyclic) bond motifs is 1. The van der Waals surface area contributed by atoms with Crippen molar-refractivity contribution in [3.8, 4) is 11.5 Å². The van der Waals surface area contributed by atoms with E-state index >= 15 is 0 Å². The van der Waals surface area contributed by atoms with Crippen LogP contribution in [0.1, 0.15) is 35.2 Å². The number of methoxy groups -OCH3 is 2. The maximum Gasteiger partial charge on any atom is 0.122 e. The molecule has 0 spiro atoms. The van der Waals surface area contributed by atoms with Crippen molar-refractivity contribution in [1.29, 1.82) is 0 Å². The second kappa shape index (κ2) is 5.74. The Hall–Kier alpha value is -2.07. The molecule has 1 heterocycles. The average molecular weight is 284 g/mol. The third kappa shape index (κ3) is 2.59. The summed E-state index contributed by atoms with van der Waals surface area (Å²) in [4.78, 5) is 4.53. The fourth-order valence-electron chi connectivity index (χ4n) is 3.05. The standard InChI is InChI=1S/C17H20N2O2/c1-20-13-8-12(9-14(10-13)21-2)16(18)15-6-5-11-4-3-7-19-17(11)15/h3-4,7-10,15-16H,5-6,18H2,1-2H3. The molecule has 21 heavy (non-hydrogen) atoms. The molecule has 0 aliphatic heterocycles. The average Bonchev–Trinajstić information content (AvgIpc) is 2.97. The van der Waals surface area contributed by atoms with Crippen molar-refractivity contribution < 1.29 is 9.47 Å². The summed E-state index contributed by atoms with van der Waals surface area (Å²) in [7, 11) is 3.30. The smallest absolute Gasteiger partial charge is 0.122 e. The van der Waals surface area contributed by atoms with E-state index in [0.29, 0.717) is 0 Å². The molecule has 2 atom stereocenters. The second-order valence-electron chi connectivity index (χ2n) is 5.36. The fourth-order valence-corrected chi connectivity index (χ4v) is 3.05. The van der Waals surface area contributed by atoms with Crippen molar-refractivity contribution in [2.24, 2.45) is 5.73 Å². The number of aryl methyl sites for hydroxylation is 1. The lowest BCUT2D eigenvalue weighted by molar-refractivity contribution is 0.391. The zero-order chi connectivity index (χ0) is 14.8. The van der Waals surface area contributed by atoms with Gasteiger partial charge in [-0.1, -0.05) is 6.07 Å². The van der Waals surface area contributed by atoms with Crippen LogP contribution in [0.4, 0.5) is 0 Å². The molecule has 1 aliphatic rings. The molecule has 110 valence electrons. The lowest BCUT2D eigenvalue weighted by Gasteiger charge is -2.21. The Morgan fingerprint density at radius 1 is 1.19 bits per heavy atom. The minimum absolute atomic E-state index is 0.106. The Labute approximate surface area is 124 Å². The van der Waals surface area contributed by atoms with Gasteiger partial charge < -0.3 is 15.2 Å². The molecule has 0 amide bonds. The summed E-state index contributed by atoms with van der Waals surface area (Å²) in [5, 5.41) is 0. The third-order valence-electron chi connectivity index (χ3n) is 4.19. The van der Waals surface area contributed by atoms with E-state index in [-0.39, 0.29) is 12.0 Å². The van der Waals surface area contributed by atoms with Gasteiger partial charge in [0.25, 0.3) is 0 Å². The van der Waals surface area contributed by atoms with Crippen LogP contribution in [-0.4, -0.2) is 19.2 Å². The Bertz CT molecular complexity index is 620. The zero-order valence-corrected chi connectivity index (χ0v) is 12.4. The zero-order valence-electron chi connectivity index (χ0n) is 12.4. The van der Waals surface area contributed by atoms with Crippen molar-refractivity contribution >= 4 is 0 Å². The predicted molar refractivity (Wildman–Crippen MR) is 81.8 cm³/mol. The van der Waals surface area contributed by atoms with E-state index in [1.807, 2.05) is 30.5 Å². The molecule has 1 aliphatic carbocycles. The summed E-state index contributed by atoms with van der Waals surface area (Å²) < 4.78 is 10.7. The molecule has 1 aromatic carbocycles. The molecular weight excluding hydrogens is 264 g/mol. The second-order valence-corrected chi connectivity index (χ2v) is 5.36. The molecule has 1 aromatic heterocycles. The van der Waals surface area contributed by atoms with Gasteiger partial charge in [0.2, 0.25) is 0 Å². The molecule has 2 unspecified atom stereocenters. The van der Waals surface area contributed by atoms with Gasteiger partial charge in [0.15, 0.2) is 0 Å². The summed E-state index contributed by atoms with van der Waals surface area (Å²) in [5.74, 6) is 1.77. The Kier molecular flexibility index (Phi) is 3.80. The van der Waals surface area contributed by atoms with Crippen LogP contribution in [0.5, 0.6) is 11.5 Å². The van der Waals surface area contributed by atoms with Gasteiger partial charge in [-0.3, -0.25) is 4.98 Å². The van der Waals surface area contributed by atoms with Crippen LogP contribution in [0.15, 0.2) is 36.5 Å². The van der Waals surface area contributed by atoms with Crippen LogP contribution in [0.2, 0.25) is 0 Å². The first-order chi connectivity index (χ1) is 10.2. The van der Waals surface area contributed by atoms with E-state index in [1.54, 1.807) is 14.2 Å². The van der Waals surface area contributed by atoms with Crippen molar-refractivity contribution in [3.05, 3.63) is 53.3 Å². The number of rotatable bonds is 4. The predicted octanol–water partition coefficient (Wildman–Crippen LogP) is 2.83. The minimum Gasteiger partial charge on any atom is -0.497 e. The van der Waals surface area contributed by atoms with E-state index < -0.39 is 0 Å². The van der Waals surface area contributed by atoms with Gasteiger partial charge in [-0.2, -0.15) is 0 Å². The number of hydrogen-bond donors (Lipinski definition) is 1. The summed E-state index contributed by atoms with van der Waals surface area (Å²) in [6.45, 7) is 0. The van der Waals surface area contributed by atoms with Gasteiger partial charge in [0, 0.05) is 29.9 Å². The third-order valence-corrected chi connectivity index (χ3v) is 4.19. The van der Waals surface area contributed by atoms with Crippen molar-refractivity contribution in [2.75, 3.05) is 14.2 Å². The van der Waals surface area contributed by atoms with E-state index in [1.165, 1.54) is 5.56 Å². The van der Waals surface area contributed by atoms with Gasteiger partial charge in [-0.15, -0.1) is 0 Å². The number of nitrogens with zero attached hydrogens (tertiary/aromatic N) is 1. The molecule has 3 rings (SSSR count). The molecule has 0 fully saturated rings. The highest BCUT2D eigenvalue weighted by molar-refractivity contribution is 5.42. The van der Waals surface area contributed by atoms with Gasteiger partial charge in [-0.05, 0) is 42.2 Å². The van der Waals surface area contributed by atoms with Gasteiger partial charge in [-0.25, -0.2) is 0 Å². The van der Waals surface area contributed by atoms with Crippen LogP contribution in [0, 0.1) is 0 Å². The Balaban J connectivity index is 1.94. The highest BCUT2D eigenvalue weighted by Crippen LogP contribution is 2.40. The Morgan fingerprint density at radius 2 is 1.90 bits per heavy atom. The molecule has 0 radical (unpaired) electrons. The highest BCUT2D eigenvalue weighted by atomic mass is 16.5. The number of aromatic nitrogens is 1. The fraction of sp³-hybridized carbons (Fsp3) is 0.353. The van der Waals surface area contributed by atoms with Gasteiger partial charge in [0.1, 0.15) is 11.5 Å². The normalized spacial score (nSPS) is 18.1. The number of ether oxygens (including phenoxy) is 2. The van der Waals surface area contributed by atoms with Gasteiger partial charge >= 0.3 is 0 Å². The van der Waals surface area contributed by atoms with Crippen LogP contribution >= 0.6 is 0 Å².